The van der Waals surface area contributed by atoms with Crippen molar-refractivity contribution in [3.8, 4) is 0 Å². The highest BCUT2D eigenvalue weighted by Gasteiger charge is 2.31. The second-order valence-corrected chi connectivity index (χ2v) is 5.26. The monoisotopic (exact) mass is 340 g/mol. The summed E-state index contributed by atoms with van der Waals surface area (Å²) in [6, 6.07) is 9.65. The van der Waals surface area contributed by atoms with Gasteiger partial charge in [-0.05, 0) is 18.1 Å². The molecular weight excluding hydrogens is 324 g/mol. The number of benzene rings is 1. The van der Waals surface area contributed by atoms with E-state index >= 15 is 0 Å². The predicted molar refractivity (Wildman–Crippen MR) is 80.5 cm³/mol. The first-order valence-corrected chi connectivity index (χ1v) is 7.37. The Morgan fingerprint density at radius 2 is 1.92 bits per heavy atom. The third kappa shape index (κ3) is 4.31. The van der Waals surface area contributed by atoms with E-state index in [9.17, 15) is 22.4 Å². The van der Waals surface area contributed by atoms with Crippen molar-refractivity contribution in [3.63, 3.8) is 0 Å². The summed E-state index contributed by atoms with van der Waals surface area (Å²) in [5.74, 6) is -1.86. The molecule has 1 heterocycles. The third-order valence-corrected chi connectivity index (χ3v) is 3.62. The van der Waals surface area contributed by atoms with Gasteiger partial charge in [0.05, 0.1) is 11.5 Å². The topological polar surface area (TPSA) is 42.0 Å². The Balaban J connectivity index is 2.11. The van der Waals surface area contributed by atoms with Crippen LogP contribution in [-0.2, 0) is 17.5 Å². The molecule has 2 rings (SSSR count). The number of rotatable bonds is 5. The molecule has 1 N–H and O–H groups in total. The molecule has 0 fully saturated rings. The summed E-state index contributed by atoms with van der Waals surface area (Å²) < 4.78 is 51.5. The molecule has 1 unspecified atom stereocenters. The number of nitrogens with one attached hydrogen (secondary N) is 1. The van der Waals surface area contributed by atoms with Crippen molar-refractivity contribution in [1.82, 2.24) is 10.3 Å². The summed E-state index contributed by atoms with van der Waals surface area (Å²) in [6.07, 6.45) is -3.67. The molecular formula is C17H16F4N2O. The molecule has 0 aliphatic rings. The Morgan fingerprint density at radius 1 is 1.25 bits per heavy atom. The molecule has 0 saturated carbocycles. The van der Waals surface area contributed by atoms with E-state index in [0.717, 1.165) is 5.56 Å². The van der Waals surface area contributed by atoms with Crippen molar-refractivity contribution in [1.29, 1.82) is 0 Å². The molecule has 1 aromatic heterocycles. The Morgan fingerprint density at radius 3 is 2.50 bits per heavy atom. The predicted octanol–water partition coefficient (Wildman–Crippen LogP) is 4.05. The third-order valence-electron chi connectivity index (χ3n) is 3.62. The first kappa shape index (κ1) is 17.9. The van der Waals surface area contributed by atoms with Gasteiger partial charge >= 0.3 is 6.18 Å². The Labute approximate surface area is 136 Å². The van der Waals surface area contributed by atoms with Gasteiger partial charge in [-0.3, -0.25) is 4.79 Å². The molecule has 1 atom stereocenters. The summed E-state index contributed by atoms with van der Waals surface area (Å²) in [5.41, 5.74) is -0.565. The maximum atomic E-state index is 13.6. The van der Waals surface area contributed by atoms with Crippen LogP contribution in [0.3, 0.4) is 0 Å². The smallest absolute Gasteiger partial charge is 0.351 e. The van der Waals surface area contributed by atoms with E-state index in [2.05, 4.69) is 10.3 Å². The first-order chi connectivity index (χ1) is 11.3. The van der Waals surface area contributed by atoms with E-state index in [-0.39, 0.29) is 18.0 Å². The van der Waals surface area contributed by atoms with Crippen LogP contribution in [0.25, 0.3) is 0 Å². The summed E-state index contributed by atoms with van der Waals surface area (Å²) in [7, 11) is 0. The van der Waals surface area contributed by atoms with Gasteiger partial charge in [0.2, 0.25) is 11.9 Å². The molecule has 1 amide bonds. The van der Waals surface area contributed by atoms with Gasteiger partial charge in [-0.1, -0.05) is 37.3 Å². The fourth-order valence-corrected chi connectivity index (χ4v) is 2.34. The highest BCUT2D eigenvalue weighted by Crippen LogP contribution is 2.29. The van der Waals surface area contributed by atoms with Crippen molar-refractivity contribution >= 4 is 5.91 Å². The van der Waals surface area contributed by atoms with Crippen molar-refractivity contribution in [2.75, 3.05) is 0 Å². The number of alkyl halides is 3. The quantitative estimate of drug-likeness (QED) is 0.659. The minimum absolute atomic E-state index is 0.305. The Kier molecular flexibility index (Phi) is 5.54. The van der Waals surface area contributed by atoms with Crippen LogP contribution in [-0.4, -0.2) is 10.9 Å². The Hall–Kier alpha value is -2.44. The SMILES string of the molecule is CCC(C(=O)NCc1cc(C(F)(F)F)cnc1F)c1ccccc1. The van der Waals surface area contributed by atoms with Crippen LogP contribution in [0.15, 0.2) is 42.6 Å². The maximum Gasteiger partial charge on any atom is 0.417 e. The van der Waals surface area contributed by atoms with E-state index in [4.69, 9.17) is 0 Å². The van der Waals surface area contributed by atoms with Crippen LogP contribution >= 0.6 is 0 Å². The van der Waals surface area contributed by atoms with Gasteiger partial charge in [-0.25, -0.2) is 4.98 Å². The van der Waals surface area contributed by atoms with Crippen molar-refractivity contribution in [2.24, 2.45) is 0 Å². The normalized spacial score (nSPS) is 12.7. The zero-order valence-corrected chi connectivity index (χ0v) is 12.9. The molecule has 0 spiro atoms. The van der Waals surface area contributed by atoms with E-state index in [0.29, 0.717) is 18.7 Å². The molecule has 0 radical (unpaired) electrons. The second kappa shape index (κ2) is 7.42. The molecule has 0 aliphatic heterocycles. The number of aromatic nitrogens is 1. The van der Waals surface area contributed by atoms with Crippen LogP contribution < -0.4 is 5.32 Å². The van der Waals surface area contributed by atoms with Gasteiger partial charge < -0.3 is 5.32 Å². The van der Waals surface area contributed by atoms with Gasteiger partial charge in [-0.15, -0.1) is 0 Å². The number of nitrogens with zero attached hydrogens (tertiary/aromatic N) is 1. The van der Waals surface area contributed by atoms with Crippen LogP contribution in [0, 0.1) is 5.95 Å². The largest absolute Gasteiger partial charge is 0.417 e. The minimum Gasteiger partial charge on any atom is -0.351 e. The molecule has 24 heavy (non-hydrogen) atoms. The number of hydrogen-bond acceptors (Lipinski definition) is 2. The summed E-state index contributed by atoms with van der Waals surface area (Å²) >= 11 is 0. The number of amides is 1. The van der Waals surface area contributed by atoms with Gasteiger partial charge in [-0.2, -0.15) is 17.6 Å². The van der Waals surface area contributed by atoms with Crippen LogP contribution in [0.1, 0.15) is 36.0 Å². The van der Waals surface area contributed by atoms with Crippen LogP contribution in [0.2, 0.25) is 0 Å². The molecule has 2 aromatic rings. The average molecular weight is 340 g/mol. The first-order valence-electron chi connectivity index (χ1n) is 7.37. The van der Waals surface area contributed by atoms with E-state index in [1.54, 1.807) is 24.3 Å². The van der Waals surface area contributed by atoms with Crippen molar-refractivity contribution < 1.29 is 22.4 Å². The van der Waals surface area contributed by atoms with E-state index in [1.807, 2.05) is 13.0 Å². The molecule has 1 aromatic carbocycles. The number of carbonyl (C=O) groups excluding carboxylic acids is 1. The van der Waals surface area contributed by atoms with Crippen LogP contribution in [0.5, 0.6) is 0 Å². The zero-order chi connectivity index (χ0) is 17.7. The lowest BCUT2D eigenvalue weighted by atomic mass is 9.95. The van der Waals surface area contributed by atoms with E-state index in [1.165, 1.54) is 0 Å². The number of pyridine rings is 1. The van der Waals surface area contributed by atoms with Crippen molar-refractivity contribution in [3.05, 3.63) is 65.2 Å². The molecule has 0 saturated heterocycles. The highest BCUT2D eigenvalue weighted by molar-refractivity contribution is 5.83. The molecule has 0 aliphatic carbocycles. The van der Waals surface area contributed by atoms with Crippen molar-refractivity contribution in [2.45, 2.75) is 32.0 Å². The molecule has 128 valence electrons. The number of carbonyl (C=O) groups is 1. The minimum atomic E-state index is -4.62. The number of hydrogen-bond donors (Lipinski definition) is 1. The molecule has 3 nitrogen and oxygen atoms in total. The van der Waals surface area contributed by atoms with Gasteiger partial charge in [0.1, 0.15) is 0 Å². The number of halogens is 4. The standard InChI is InChI=1S/C17H16F4N2O/c1-2-14(11-6-4-3-5-7-11)16(24)23-9-12-8-13(17(19,20)21)10-22-15(12)18/h3-8,10,14H,2,9H2,1H3,(H,23,24). The van der Waals surface area contributed by atoms with E-state index < -0.39 is 23.6 Å². The Bertz CT molecular complexity index is 701. The summed E-state index contributed by atoms with van der Waals surface area (Å²) in [5, 5.41) is 2.48. The lowest BCUT2D eigenvalue weighted by molar-refractivity contribution is -0.137. The fourth-order valence-electron chi connectivity index (χ4n) is 2.34. The van der Waals surface area contributed by atoms with Gasteiger partial charge in [0.25, 0.3) is 0 Å². The van der Waals surface area contributed by atoms with Crippen LogP contribution in [0.4, 0.5) is 17.6 Å². The zero-order valence-electron chi connectivity index (χ0n) is 12.9. The summed E-state index contributed by atoms with van der Waals surface area (Å²) in [6.45, 7) is 1.47. The fraction of sp³-hybridized carbons (Fsp3) is 0.294. The highest BCUT2D eigenvalue weighted by atomic mass is 19.4. The summed E-state index contributed by atoms with van der Waals surface area (Å²) in [4.78, 5) is 15.4. The molecule has 0 bridgehead atoms. The average Bonchev–Trinajstić information content (AvgIpc) is 2.54. The van der Waals surface area contributed by atoms with Gasteiger partial charge in [0.15, 0.2) is 0 Å². The molecule has 7 heteroatoms. The maximum absolute atomic E-state index is 13.6. The van der Waals surface area contributed by atoms with Gasteiger partial charge in [0, 0.05) is 18.3 Å². The lowest BCUT2D eigenvalue weighted by Crippen LogP contribution is -2.29. The second-order valence-electron chi connectivity index (χ2n) is 5.26. The lowest BCUT2D eigenvalue weighted by Gasteiger charge is -2.16.